The van der Waals surface area contributed by atoms with Crippen LogP contribution in [0.3, 0.4) is 0 Å². The molecule has 0 aromatic heterocycles. The molecule has 0 bridgehead atoms. The van der Waals surface area contributed by atoms with Gasteiger partial charge in [-0.3, -0.25) is 0 Å². The lowest BCUT2D eigenvalue weighted by Crippen LogP contribution is -2.34. The van der Waals surface area contributed by atoms with Gasteiger partial charge in [0.2, 0.25) is 0 Å². The third-order valence-corrected chi connectivity index (χ3v) is 2.81. The van der Waals surface area contributed by atoms with Gasteiger partial charge in [0.1, 0.15) is 0 Å². The van der Waals surface area contributed by atoms with Crippen molar-refractivity contribution in [1.82, 2.24) is 5.32 Å². The second-order valence-corrected chi connectivity index (χ2v) is 4.14. The van der Waals surface area contributed by atoms with Gasteiger partial charge in [0, 0.05) is 17.6 Å². The molecule has 2 unspecified atom stereocenters. The molecule has 88 valence electrons. The largest absolute Gasteiger partial charge is 0.387 e. The van der Waals surface area contributed by atoms with Crippen molar-refractivity contribution in [1.29, 1.82) is 0 Å². The quantitative estimate of drug-likeness (QED) is 0.749. The molecule has 0 amide bonds. The number of aliphatic hydroxyl groups excluding tert-OH is 1. The highest BCUT2D eigenvalue weighted by Gasteiger charge is 2.17. The van der Waals surface area contributed by atoms with Gasteiger partial charge in [-0.25, -0.2) is 0 Å². The zero-order chi connectivity index (χ0) is 12.0. The fourth-order valence-electron chi connectivity index (χ4n) is 1.61. The third kappa shape index (κ3) is 3.63. The van der Waals surface area contributed by atoms with E-state index in [1.807, 2.05) is 19.1 Å². The lowest BCUT2D eigenvalue weighted by Gasteiger charge is -2.22. The minimum absolute atomic E-state index is 0.0409. The van der Waals surface area contributed by atoms with E-state index in [9.17, 15) is 5.11 Å². The highest BCUT2D eigenvalue weighted by atomic mass is 35.5. The Morgan fingerprint density at radius 3 is 2.56 bits per heavy atom. The smallest absolute Gasteiger partial charge is 0.0942 e. The zero-order valence-corrected chi connectivity index (χ0v) is 10.2. The average molecular weight is 240 g/mol. The van der Waals surface area contributed by atoms with E-state index in [1.54, 1.807) is 18.2 Å². The Morgan fingerprint density at radius 1 is 1.44 bits per heavy atom. The summed E-state index contributed by atoms with van der Waals surface area (Å²) in [7, 11) is 0. The fraction of sp³-hybridized carbons (Fsp3) is 0.385. The number of nitrogens with one attached hydrogen (secondary N) is 1. The Bertz CT molecular complexity index is 323. The summed E-state index contributed by atoms with van der Waals surface area (Å²) in [6.07, 6.45) is 2.14. The number of aliphatic hydroxyl groups is 1. The van der Waals surface area contributed by atoms with E-state index in [4.69, 9.17) is 11.6 Å². The molecular weight excluding hydrogens is 222 g/mol. The Morgan fingerprint density at radius 2 is 2.06 bits per heavy atom. The first kappa shape index (κ1) is 13.2. The van der Waals surface area contributed by atoms with E-state index in [2.05, 4.69) is 11.9 Å². The van der Waals surface area contributed by atoms with Crippen LogP contribution in [-0.2, 0) is 0 Å². The molecule has 1 aromatic carbocycles. The molecule has 0 fully saturated rings. The summed E-state index contributed by atoms with van der Waals surface area (Å²) in [5.74, 6) is 0. The minimum atomic E-state index is -0.512. The molecule has 2 N–H and O–H groups in total. The van der Waals surface area contributed by atoms with Gasteiger partial charge >= 0.3 is 0 Å². The molecule has 0 spiro atoms. The predicted molar refractivity (Wildman–Crippen MR) is 68.7 cm³/mol. The molecule has 0 radical (unpaired) electrons. The Kier molecular flexibility index (Phi) is 5.53. The number of hydrogen-bond acceptors (Lipinski definition) is 2. The Labute approximate surface area is 102 Å². The first-order chi connectivity index (χ1) is 7.69. The molecule has 0 aliphatic rings. The van der Waals surface area contributed by atoms with Gasteiger partial charge in [-0.1, -0.05) is 36.7 Å². The van der Waals surface area contributed by atoms with Crippen LogP contribution >= 0.6 is 11.6 Å². The van der Waals surface area contributed by atoms with Crippen LogP contribution in [0.25, 0.3) is 0 Å². The molecule has 0 aliphatic carbocycles. The Balaban J connectivity index is 2.69. The summed E-state index contributed by atoms with van der Waals surface area (Å²) in [5.41, 5.74) is 0.882. The van der Waals surface area contributed by atoms with E-state index in [1.165, 1.54) is 0 Å². The molecule has 0 saturated heterocycles. The van der Waals surface area contributed by atoms with Crippen LogP contribution in [0.1, 0.15) is 25.0 Å². The first-order valence-electron chi connectivity index (χ1n) is 5.46. The van der Waals surface area contributed by atoms with Crippen LogP contribution in [0.15, 0.2) is 36.9 Å². The number of halogens is 1. The number of benzene rings is 1. The summed E-state index contributed by atoms with van der Waals surface area (Å²) < 4.78 is 0. The van der Waals surface area contributed by atoms with Gasteiger partial charge in [-0.2, -0.15) is 0 Å². The maximum absolute atomic E-state index is 10.2. The summed E-state index contributed by atoms with van der Waals surface area (Å²) in [4.78, 5) is 0. The van der Waals surface area contributed by atoms with Gasteiger partial charge in [0.15, 0.2) is 0 Å². The summed E-state index contributed by atoms with van der Waals surface area (Å²) in [5, 5.41) is 14.1. The molecule has 0 aliphatic heterocycles. The van der Waals surface area contributed by atoms with Crippen molar-refractivity contribution in [2.75, 3.05) is 6.54 Å². The highest BCUT2D eigenvalue weighted by Crippen LogP contribution is 2.20. The molecule has 16 heavy (non-hydrogen) atoms. The molecule has 2 atom stereocenters. The summed E-state index contributed by atoms with van der Waals surface area (Å²) in [6.45, 7) is 6.39. The van der Waals surface area contributed by atoms with Crippen LogP contribution < -0.4 is 5.32 Å². The molecular formula is C13H18ClNO. The normalized spacial score (nSPS) is 14.4. The van der Waals surface area contributed by atoms with Crippen molar-refractivity contribution in [2.45, 2.75) is 25.5 Å². The highest BCUT2D eigenvalue weighted by molar-refractivity contribution is 6.30. The zero-order valence-electron chi connectivity index (χ0n) is 9.49. The second kappa shape index (κ2) is 6.69. The van der Waals surface area contributed by atoms with E-state index in [0.29, 0.717) is 11.6 Å². The first-order valence-corrected chi connectivity index (χ1v) is 5.84. The summed E-state index contributed by atoms with van der Waals surface area (Å²) in [6, 6.07) is 7.33. The molecule has 2 nitrogen and oxygen atoms in total. The van der Waals surface area contributed by atoms with Gasteiger partial charge in [-0.05, 0) is 24.1 Å². The number of rotatable bonds is 6. The topological polar surface area (TPSA) is 32.3 Å². The van der Waals surface area contributed by atoms with Gasteiger partial charge in [0.05, 0.1) is 6.10 Å². The molecule has 1 aromatic rings. The van der Waals surface area contributed by atoms with Gasteiger partial charge in [-0.15, -0.1) is 6.58 Å². The number of hydrogen-bond donors (Lipinski definition) is 2. The van der Waals surface area contributed by atoms with Gasteiger partial charge < -0.3 is 10.4 Å². The molecule has 3 heteroatoms. The lowest BCUT2D eigenvalue weighted by atomic mass is 10.0. The fourth-order valence-corrected chi connectivity index (χ4v) is 1.73. The predicted octanol–water partition coefficient (Wildman–Crippen LogP) is 2.93. The van der Waals surface area contributed by atoms with E-state index in [0.717, 1.165) is 12.0 Å². The molecule has 0 heterocycles. The van der Waals surface area contributed by atoms with Crippen molar-refractivity contribution in [2.24, 2.45) is 0 Å². The molecule has 1 rings (SSSR count). The van der Waals surface area contributed by atoms with Crippen LogP contribution in [0.5, 0.6) is 0 Å². The third-order valence-electron chi connectivity index (χ3n) is 2.56. The van der Waals surface area contributed by atoms with Crippen molar-refractivity contribution in [3.63, 3.8) is 0 Å². The maximum atomic E-state index is 10.2. The van der Waals surface area contributed by atoms with E-state index in [-0.39, 0.29) is 6.04 Å². The summed E-state index contributed by atoms with van der Waals surface area (Å²) >= 11 is 5.80. The maximum Gasteiger partial charge on any atom is 0.0942 e. The van der Waals surface area contributed by atoms with Crippen LogP contribution in [0.2, 0.25) is 5.02 Å². The Hall–Kier alpha value is -0.830. The van der Waals surface area contributed by atoms with Crippen molar-refractivity contribution < 1.29 is 5.11 Å². The van der Waals surface area contributed by atoms with Gasteiger partial charge in [0.25, 0.3) is 0 Å². The second-order valence-electron chi connectivity index (χ2n) is 3.71. The van der Waals surface area contributed by atoms with Crippen molar-refractivity contribution >= 4 is 11.6 Å². The van der Waals surface area contributed by atoms with Crippen LogP contribution in [0.4, 0.5) is 0 Å². The monoisotopic (exact) mass is 239 g/mol. The van der Waals surface area contributed by atoms with Crippen molar-refractivity contribution in [3.05, 3.63) is 47.5 Å². The molecule has 0 saturated carbocycles. The van der Waals surface area contributed by atoms with Crippen LogP contribution in [0, 0.1) is 0 Å². The minimum Gasteiger partial charge on any atom is -0.387 e. The van der Waals surface area contributed by atoms with Crippen LogP contribution in [-0.4, -0.2) is 17.7 Å². The van der Waals surface area contributed by atoms with E-state index >= 15 is 0 Å². The standard InChI is InChI=1S/C13H18ClNO/c1-3-9-15-12(4-2)13(16)10-5-7-11(14)8-6-10/h3,5-8,12-13,15-16H,1,4,9H2,2H3. The average Bonchev–Trinajstić information content (AvgIpc) is 2.30. The van der Waals surface area contributed by atoms with Crippen molar-refractivity contribution in [3.8, 4) is 0 Å². The SMILES string of the molecule is C=CCNC(CC)C(O)c1ccc(Cl)cc1. The van der Waals surface area contributed by atoms with E-state index < -0.39 is 6.10 Å². The lowest BCUT2D eigenvalue weighted by molar-refractivity contribution is 0.128.